The fourth-order valence-corrected chi connectivity index (χ4v) is 3.74. The van der Waals surface area contributed by atoms with Crippen molar-refractivity contribution in [3.05, 3.63) is 62.8 Å². The van der Waals surface area contributed by atoms with Crippen LogP contribution in [0.25, 0.3) is 0 Å². The third kappa shape index (κ3) is 3.71. The van der Waals surface area contributed by atoms with Gasteiger partial charge in [0, 0.05) is 22.5 Å². The lowest BCUT2D eigenvalue weighted by Crippen LogP contribution is -2.27. The van der Waals surface area contributed by atoms with E-state index in [2.05, 4.69) is 31.9 Å². The van der Waals surface area contributed by atoms with Gasteiger partial charge in [-0.15, -0.1) is 0 Å². The van der Waals surface area contributed by atoms with Gasteiger partial charge in [0.2, 0.25) is 10.0 Å². The van der Waals surface area contributed by atoms with Crippen molar-refractivity contribution in [2.45, 2.75) is 11.4 Å². The average Bonchev–Trinajstić information content (AvgIpc) is 2.40. The summed E-state index contributed by atoms with van der Waals surface area (Å²) in [7, 11) is -2.46. The molecule has 0 atom stereocenters. The van der Waals surface area contributed by atoms with Gasteiger partial charge < -0.3 is 0 Å². The minimum Gasteiger partial charge on any atom is -0.207 e. The number of benzene rings is 2. The van der Waals surface area contributed by atoms with Crippen LogP contribution >= 0.6 is 31.9 Å². The van der Waals surface area contributed by atoms with Crippen LogP contribution in [0.3, 0.4) is 0 Å². The van der Waals surface area contributed by atoms with Gasteiger partial charge in [0.05, 0.1) is 0 Å². The van der Waals surface area contributed by atoms with Gasteiger partial charge in [0.15, 0.2) is 0 Å². The molecule has 0 aliphatic carbocycles. The number of rotatable bonds is 4. The Balaban J connectivity index is 2.33. The minimum atomic E-state index is -3.88. The molecule has 0 unspecified atom stereocenters. The molecule has 0 fully saturated rings. The Morgan fingerprint density at radius 2 is 1.81 bits per heavy atom. The largest absolute Gasteiger partial charge is 0.246 e. The Kier molecular flexibility index (Phi) is 5.19. The number of sulfonamides is 1. The van der Waals surface area contributed by atoms with Gasteiger partial charge in [-0.05, 0) is 29.8 Å². The molecule has 0 amide bonds. The molecule has 112 valence electrons. The molecule has 2 aromatic rings. The van der Waals surface area contributed by atoms with Gasteiger partial charge in [0.1, 0.15) is 10.7 Å². The second kappa shape index (κ2) is 6.56. The van der Waals surface area contributed by atoms with Crippen LogP contribution in [0.4, 0.5) is 4.39 Å². The van der Waals surface area contributed by atoms with Crippen LogP contribution in [0, 0.1) is 5.82 Å². The summed E-state index contributed by atoms with van der Waals surface area (Å²) in [6, 6.07) is 11.2. The molecule has 3 nitrogen and oxygen atoms in total. The second-order valence-corrected chi connectivity index (χ2v) is 8.21. The Morgan fingerprint density at radius 1 is 1.14 bits per heavy atom. The fraction of sp³-hybridized carbons (Fsp3) is 0.143. The number of hydrogen-bond acceptors (Lipinski definition) is 2. The van der Waals surface area contributed by atoms with Crippen molar-refractivity contribution >= 4 is 41.9 Å². The number of hydrogen-bond donors (Lipinski definition) is 0. The first-order valence-electron chi connectivity index (χ1n) is 5.97. The summed E-state index contributed by atoms with van der Waals surface area (Å²) < 4.78 is 41.2. The molecule has 21 heavy (non-hydrogen) atoms. The molecule has 2 aromatic carbocycles. The Labute approximate surface area is 140 Å². The lowest BCUT2D eigenvalue weighted by atomic mass is 10.2. The highest BCUT2D eigenvalue weighted by atomic mass is 79.9. The van der Waals surface area contributed by atoms with E-state index in [0.29, 0.717) is 4.47 Å². The average molecular weight is 437 g/mol. The van der Waals surface area contributed by atoms with Crippen LogP contribution in [0.2, 0.25) is 0 Å². The third-order valence-corrected chi connectivity index (χ3v) is 6.04. The first kappa shape index (κ1) is 16.6. The standard InChI is InChI=1S/C14H12Br2FNO2S/c1-18(9-10-4-2-3-5-12(10)16)21(19,20)14-7-6-11(15)8-13(14)17/h2-8H,9H2,1H3. The molecule has 0 radical (unpaired) electrons. The van der Waals surface area contributed by atoms with E-state index in [1.54, 1.807) is 0 Å². The smallest absolute Gasteiger partial charge is 0.207 e. The monoisotopic (exact) mass is 435 g/mol. The van der Waals surface area contributed by atoms with Crippen LogP contribution in [-0.2, 0) is 16.6 Å². The van der Waals surface area contributed by atoms with Crippen molar-refractivity contribution in [2.75, 3.05) is 7.05 Å². The highest BCUT2D eigenvalue weighted by molar-refractivity contribution is 9.10. The molecule has 0 aromatic heterocycles. The second-order valence-electron chi connectivity index (χ2n) is 4.43. The molecule has 0 saturated heterocycles. The molecule has 0 heterocycles. The third-order valence-electron chi connectivity index (χ3n) is 2.93. The zero-order valence-corrected chi connectivity index (χ0v) is 15.0. The van der Waals surface area contributed by atoms with Crippen LogP contribution < -0.4 is 0 Å². The SMILES string of the molecule is CN(Cc1ccccc1Br)S(=O)(=O)c1ccc(Br)cc1F. The van der Waals surface area contributed by atoms with Gasteiger partial charge in [0.25, 0.3) is 0 Å². The summed E-state index contributed by atoms with van der Waals surface area (Å²) in [5.41, 5.74) is 0.807. The maximum absolute atomic E-state index is 13.9. The molecule has 0 aliphatic heterocycles. The molecular formula is C14H12Br2FNO2S. The van der Waals surface area contributed by atoms with Crippen molar-refractivity contribution in [1.29, 1.82) is 0 Å². The lowest BCUT2D eigenvalue weighted by Gasteiger charge is -2.18. The van der Waals surface area contributed by atoms with E-state index in [4.69, 9.17) is 0 Å². The van der Waals surface area contributed by atoms with Crippen molar-refractivity contribution in [1.82, 2.24) is 4.31 Å². The van der Waals surface area contributed by atoms with Crippen LogP contribution in [0.1, 0.15) is 5.56 Å². The van der Waals surface area contributed by atoms with Crippen LogP contribution in [0.15, 0.2) is 56.3 Å². The van der Waals surface area contributed by atoms with E-state index in [1.165, 1.54) is 19.2 Å². The first-order chi connectivity index (χ1) is 9.82. The molecule has 0 spiro atoms. The molecule has 2 rings (SSSR count). The summed E-state index contributed by atoms with van der Waals surface area (Å²) in [6.07, 6.45) is 0. The number of nitrogens with zero attached hydrogens (tertiary/aromatic N) is 1. The maximum Gasteiger partial charge on any atom is 0.246 e. The number of halogens is 3. The Bertz CT molecular complexity index is 765. The van der Waals surface area contributed by atoms with E-state index < -0.39 is 15.8 Å². The van der Waals surface area contributed by atoms with E-state index >= 15 is 0 Å². The first-order valence-corrected chi connectivity index (χ1v) is 9.00. The summed E-state index contributed by atoms with van der Waals surface area (Å²) in [4.78, 5) is -0.333. The highest BCUT2D eigenvalue weighted by Gasteiger charge is 2.25. The normalized spacial score (nSPS) is 11.9. The van der Waals surface area contributed by atoms with E-state index in [0.717, 1.165) is 20.4 Å². The van der Waals surface area contributed by atoms with Gasteiger partial charge in [-0.3, -0.25) is 0 Å². The Morgan fingerprint density at radius 3 is 2.43 bits per heavy atom. The quantitative estimate of drug-likeness (QED) is 0.721. The summed E-state index contributed by atoms with van der Waals surface area (Å²) in [5, 5.41) is 0. The molecule has 7 heteroatoms. The van der Waals surface area contributed by atoms with Crippen LogP contribution in [0.5, 0.6) is 0 Å². The van der Waals surface area contributed by atoms with E-state index in [1.807, 2.05) is 24.3 Å². The lowest BCUT2D eigenvalue weighted by molar-refractivity contribution is 0.459. The van der Waals surface area contributed by atoms with Gasteiger partial charge in [-0.25, -0.2) is 12.8 Å². The molecule has 0 bridgehead atoms. The summed E-state index contributed by atoms with van der Waals surface area (Å²) in [5.74, 6) is -0.775. The molecule has 0 aliphatic rings. The van der Waals surface area contributed by atoms with E-state index in [-0.39, 0.29) is 11.4 Å². The zero-order valence-electron chi connectivity index (χ0n) is 11.1. The molecule has 0 N–H and O–H groups in total. The van der Waals surface area contributed by atoms with Crippen molar-refractivity contribution in [2.24, 2.45) is 0 Å². The van der Waals surface area contributed by atoms with Crippen LogP contribution in [-0.4, -0.2) is 19.8 Å². The molecule has 0 saturated carbocycles. The predicted octanol–water partition coefficient (Wildman–Crippen LogP) is 4.17. The van der Waals surface area contributed by atoms with Crippen molar-refractivity contribution in [3.8, 4) is 0 Å². The summed E-state index contributed by atoms with van der Waals surface area (Å²) >= 11 is 6.48. The predicted molar refractivity (Wildman–Crippen MR) is 86.9 cm³/mol. The zero-order chi connectivity index (χ0) is 15.6. The van der Waals surface area contributed by atoms with Gasteiger partial charge >= 0.3 is 0 Å². The van der Waals surface area contributed by atoms with Crippen molar-refractivity contribution < 1.29 is 12.8 Å². The highest BCUT2D eigenvalue weighted by Crippen LogP contribution is 2.24. The molecular weight excluding hydrogens is 425 g/mol. The fourth-order valence-electron chi connectivity index (χ4n) is 1.80. The topological polar surface area (TPSA) is 37.4 Å². The maximum atomic E-state index is 13.9. The minimum absolute atomic E-state index is 0.152. The summed E-state index contributed by atoms with van der Waals surface area (Å²) in [6.45, 7) is 0.152. The van der Waals surface area contributed by atoms with E-state index in [9.17, 15) is 12.8 Å². The van der Waals surface area contributed by atoms with Gasteiger partial charge in [-0.1, -0.05) is 50.1 Å². The van der Waals surface area contributed by atoms with Crippen molar-refractivity contribution in [3.63, 3.8) is 0 Å². The van der Waals surface area contributed by atoms with Gasteiger partial charge in [-0.2, -0.15) is 4.31 Å². The Hall–Kier alpha value is -0.760.